The molecule has 0 bridgehead atoms. The number of aliphatic hydroxyl groups excluding tert-OH is 1. The van der Waals surface area contributed by atoms with Gasteiger partial charge in [-0.05, 0) is 31.2 Å². The molecule has 1 N–H and O–H groups in total. The van der Waals surface area contributed by atoms with E-state index in [2.05, 4.69) is 0 Å². The Morgan fingerprint density at radius 3 is 2.44 bits per heavy atom. The molecule has 0 spiro atoms. The van der Waals surface area contributed by atoms with Crippen LogP contribution in [0.15, 0.2) is 12.1 Å². The van der Waals surface area contributed by atoms with Crippen LogP contribution in [0.4, 0.5) is 8.78 Å². The molecule has 1 atom stereocenters. The van der Waals surface area contributed by atoms with E-state index in [1.807, 2.05) is 0 Å². The fourth-order valence-electron chi connectivity index (χ4n) is 2.42. The minimum absolute atomic E-state index is 0.0802. The van der Waals surface area contributed by atoms with Crippen molar-refractivity contribution in [3.05, 3.63) is 34.9 Å². The van der Waals surface area contributed by atoms with E-state index in [4.69, 9.17) is 0 Å². The summed E-state index contributed by atoms with van der Waals surface area (Å²) in [6.07, 6.45) is 3.07. The van der Waals surface area contributed by atoms with Gasteiger partial charge in [-0.2, -0.15) is 0 Å². The van der Waals surface area contributed by atoms with Gasteiger partial charge in [0.05, 0.1) is 6.10 Å². The van der Waals surface area contributed by atoms with Crippen LogP contribution in [0, 0.1) is 24.5 Å². The predicted octanol–water partition coefficient (Wildman–Crippen LogP) is 3.50. The van der Waals surface area contributed by atoms with E-state index in [1.165, 1.54) is 19.1 Å². The van der Waals surface area contributed by atoms with Gasteiger partial charge in [0.25, 0.3) is 0 Å². The molecule has 1 aliphatic carbocycles. The van der Waals surface area contributed by atoms with Gasteiger partial charge in [-0.15, -0.1) is 0 Å². The first-order valence-electron chi connectivity index (χ1n) is 5.74. The molecule has 0 heterocycles. The van der Waals surface area contributed by atoms with Gasteiger partial charge in [-0.3, -0.25) is 0 Å². The second-order valence-electron chi connectivity index (χ2n) is 4.59. The summed E-state index contributed by atoms with van der Waals surface area (Å²) in [5.41, 5.74) is 0.384. The summed E-state index contributed by atoms with van der Waals surface area (Å²) < 4.78 is 27.0. The van der Waals surface area contributed by atoms with E-state index < -0.39 is 17.7 Å². The molecule has 1 saturated carbocycles. The second-order valence-corrected chi connectivity index (χ2v) is 4.59. The average molecular weight is 226 g/mol. The summed E-state index contributed by atoms with van der Waals surface area (Å²) in [7, 11) is 0. The molecule has 1 fully saturated rings. The maximum absolute atomic E-state index is 13.6. The molecule has 0 radical (unpaired) electrons. The lowest BCUT2D eigenvalue weighted by Gasteiger charge is -2.19. The Morgan fingerprint density at radius 1 is 1.19 bits per heavy atom. The quantitative estimate of drug-likeness (QED) is 0.818. The number of aliphatic hydroxyl groups is 1. The standard InChI is InChI=1S/C13H16F2O/c1-8-6-7-10(12(15)11(8)14)13(16)9-4-2-3-5-9/h6-7,9,13,16H,2-5H2,1H3. The highest BCUT2D eigenvalue weighted by molar-refractivity contribution is 5.27. The Kier molecular flexibility index (Phi) is 3.24. The number of aryl methyl sites for hydroxylation is 1. The van der Waals surface area contributed by atoms with Crippen LogP contribution < -0.4 is 0 Å². The molecule has 1 aliphatic rings. The van der Waals surface area contributed by atoms with Crippen LogP contribution in [0.2, 0.25) is 0 Å². The minimum atomic E-state index is -0.889. The number of hydrogen-bond acceptors (Lipinski definition) is 1. The first kappa shape index (κ1) is 11.5. The number of halogens is 2. The van der Waals surface area contributed by atoms with E-state index in [-0.39, 0.29) is 17.0 Å². The summed E-state index contributed by atoms with van der Waals surface area (Å²) in [6, 6.07) is 3.02. The van der Waals surface area contributed by atoms with E-state index in [9.17, 15) is 13.9 Å². The molecule has 1 aromatic carbocycles. The zero-order valence-electron chi connectivity index (χ0n) is 9.34. The van der Waals surface area contributed by atoms with E-state index in [1.54, 1.807) is 0 Å². The Balaban J connectivity index is 2.29. The van der Waals surface area contributed by atoms with Crippen molar-refractivity contribution < 1.29 is 13.9 Å². The third kappa shape index (κ3) is 1.96. The first-order valence-corrected chi connectivity index (χ1v) is 5.74. The third-order valence-electron chi connectivity index (χ3n) is 3.47. The molecule has 0 amide bonds. The van der Waals surface area contributed by atoms with E-state index in [0.29, 0.717) is 0 Å². The third-order valence-corrected chi connectivity index (χ3v) is 3.47. The predicted molar refractivity (Wildman–Crippen MR) is 58.0 cm³/mol. The van der Waals surface area contributed by atoms with Crippen LogP contribution in [-0.4, -0.2) is 5.11 Å². The molecule has 0 saturated heterocycles. The molecule has 16 heavy (non-hydrogen) atoms. The van der Waals surface area contributed by atoms with Crippen LogP contribution in [-0.2, 0) is 0 Å². The normalized spacial score (nSPS) is 19.0. The number of hydrogen-bond donors (Lipinski definition) is 1. The fourth-order valence-corrected chi connectivity index (χ4v) is 2.42. The summed E-state index contributed by atoms with van der Waals surface area (Å²) in [6.45, 7) is 1.52. The fraction of sp³-hybridized carbons (Fsp3) is 0.538. The zero-order valence-corrected chi connectivity index (χ0v) is 9.34. The van der Waals surface area contributed by atoms with Gasteiger partial charge in [0.1, 0.15) is 0 Å². The topological polar surface area (TPSA) is 20.2 Å². The minimum Gasteiger partial charge on any atom is -0.388 e. The summed E-state index contributed by atoms with van der Waals surface area (Å²) >= 11 is 0. The van der Waals surface area contributed by atoms with Gasteiger partial charge in [0, 0.05) is 5.56 Å². The monoisotopic (exact) mass is 226 g/mol. The zero-order chi connectivity index (χ0) is 11.7. The van der Waals surface area contributed by atoms with Crippen molar-refractivity contribution in [3.63, 3.8) is 0 Å². The average Bonchev–Trinajstić information content (AvgIpc) is 2.79. The number of rotatable bonds is 2. The van der Waals surface area contributed by atoms with Crippen LogP contribution in [0.3, 0.4) is 0 Å². The van der Waals surface area contributed by atoms with E-state index >= 15 is 0 Å². The summed E-state index contributed by atoms with van der Waals surface area (Å²) in [5, 5.41) is 10.0. The van der Waals surface area contributed by atoms with Crippen molar-refractivity contribution in [2.75, 3.05) is 0 Å². The van der Waals surface area contributed by atoms with Crippen molar-refractivity contribution in [1.82, 2.24) is 0 Å². The van der Waals surface area contributed by atoms with Gasteiger partial charge < -0.3 is 5.11 Å². The SMILES string of the molecule is Cc1ccc(C(O)C2CCCC2)c(F)c1F. The van der Waals surface area contributed by atoms with Gasteiger partial charge in [-0.1, -0.05) is 25.0 Å². The maximum Gasteiger partial charge on any atom is 0.164 e. The second kappa shape index (κ2) is 4.50. The van der Waals surface area contributed by atoms with Gasteiger partial charge in [0.15, 0.2) is 11.6 Å². The highest BCUT2D eigenvalue weighted by Gasteiger charge is 2.27. The lowest BCUT2D eigenvalue weighted by atomic mass is 9.93. The van der Waals surface area contributed by atoms with E-state index in [0.717, 1.165) is 25.7 Å². The van der Waals surface area contributed by atoms with Crippen molar-refractivity contribution in [2.24, 2.45) is 5.92 Å². The highest BCUT2D eigenvalue weighted by Crippen LogP contribution is 2.37. The summed E-state index contributed by atoms with van der Waals surface area (Å²) in [4.78, 5) is 0. The molecule has 3 heteroatoms. The maximum atomic E-state index is 13.6. The van der Waals surface area contributed by atoms with Gasteiger partial charge >= 0.3 is 0 Å². The lowest BCUT2D eigenvalue weighted by Crippen LogP contribution is -2.12. The van der Waals surface area contributed by atoms with Crippen molar-refractivity contribution >= 4 is 0 Å². The Hall–Kier alpha value is -0.960. The van der Waals surface area contributed by atoms with Crippen LogP contribution in [0.1, 0.15) is 42.9 Å². The van der Waals surface area contributed by atoms with Crippen molar-refractivity contribution in [2.45, 2.75) is 38.7 Å². The van der Waals surface area contributed by atoms with Crippen LogP contribution in [0.25, 0.3) is 0 Å². The molecule has 2 rings (SSSR count). The molecule has 88 valence electrons. The Bertz CT molecular complexity index is 384. The molecule has 1 aromatic rings. The first-order chi connectivity index (χ1) is 7.61. The Labute approximate surface area is 94.1 Å². The molecule has 0 aliphatic heterocycles. The number of benzene rings is 1. The smallest absolute Gasteiger partial charge is 0.164 e. The Morgan fingerprint density at radius 2 is 1.81 bits per heavy atom. The van der Waals surface area contributed by atoms with Crippen molar-refractivity contribution in [3.8, 4) is 0 Å². The molecule has 1 unspecified atom stereocenters. The lowest BCUT2D eigenvalue weighted by molar-refractivity contribution is 0.107. The molecular weight excluding hydrogens is 210 g/mol. The van der Waals surface area contributed by atoms with Crippen molar-refractivity contribution in [1.29, 1.82) is 0 Å². The molecule has 1 nitrogen and oxygen atoms in total. The van der Waals surface area contributed by atoms with Crippen LogP contribution in [0.5, 0.6) is 0 Å². The van der Waals surface area contributed by atoms with Gasteiger partial charge in [0.2, 0.25) is 0 Å². The van der Waals surface area contributed by atoms with Gasteiger partial charge in [-0.25, -0.2) is 8.78 Å². The molecule has 0 aromatic heterocycles. The van der Waals surface area contributed by atoms with Crippen LogP contribution >= 0.6 is 0 Å². The molecular formula is C13H16F2O. The summed E-state index contributed by atoms with van der Waals surface area (Å²) in [5.74, 6) is -1.65. The highest BCUT2D eigenvalue weighted by atomic mass is 19.2. The largest absolute Gasteiger partial charge is 0.388 e.